The lowest BCUT2D eigenvalue weighted by Gasteiger charge is -2.40. The molecule has 1 aromatic carbocycles. The molecule has 0 fully saturated rings. The molecule has 3 rings (SSSR count). The van der Waals surface area contributed by atoms with Gasteiger partial charge in [-0.2, -0.15) is 0 Å². The number of ketones is 2. The van der Waals surface area contributed by atoms with E-state index in [9.17, 15) is 35.1 Å². The van der Waals surface area contributed by atoms with Gasteiger partial charge < -0.3 is 30.3 Å². The Labute approximate surface area is 136 Å². The number of aliphatic hydroxyl groups is 3. The third-order valence-corrected chi connectivity index (χ3v) is 4.67. The Morgan fingerprint density at radius 1 is 1.17 bits per heavy atom. The van der Waals surface area contributed by atoms with Crippen LogP contribution < -0.4 is 0 Å². The van der Waals surface area contributed by atoms with Crippen LogP contribution in [0.25, 0.3) is 0 Å². The van der Waals surface area contributed by atoms with Gasteiger partial charge in [-0.25, -0.2) is 0 Å². The summed E-state index contributed by atoms with van der Waals surface area (Å²) in [7, 11) is 1.18. The summed E-state index contributed by atoms with van der Waals surface area (Å²) < 4.78 is 4.80. The van der Waals surface area contributed by atoms with Crippen LogP contribution in [0.3, 0.4) is 0 Å². The van der Waals surface area contributed by atoms with Gasteiger partial charge in [-0.15, -0.1) is 0 Å². The number of rotatable bonds is 1. The van der Waals surface area contributed by atoms with Gasteiger partial charge in [0.25, 0.3) is 0 Å². The number of hydrogen-bond donors (Lipinski definition) is 5. The zero-order valence-corrected chi connectivity index (χ0v) is 12.9. The van der Waals surface area contributed by atoms with Crippen LogP contribution in [0.4, 0.5) is 0 Å². The molecule has 1 aromatic rings. The fourth-order valence-corrected chi connectivity index (χ4v) is 3.16. The molecule has 8 nitrogen and oxygen atoms in total. The zero-order chi connectivity index (χ0) is 18.0. The van der Waals surface area contributed by atoms with Gasteiger partial charge >= 0.3 is 0 Å². The molecular formula is C16H16O8. The molecule has 0 aromatic heterocycles. The van der Waals surface area contributed by atoms with E-state index in [0.29, 0.717) is 0 Å². The van der Waals surface area contributed by atoms with Crippen molar-refractivity contribution in [2.24, 2.45) is 0 Å². The molecule has 0 saturated heterocycles. The van der Waals surface area contributed by atoms with Crippen LogP contribution in [0, 0.1) is 0 Å². The molecule has 0 saturated carbocycles. The summed E-state index contributed by atoms with van der Waals surface area (Å²) in [6.45, 7) is 1.16. The summed E-state index contributed by atoms with van der Waals surface area (Å²) in [5.74, 6) is -3.22. The summed E-state index contributed by atoms with van der Waals surface area (Å²) >= 11 is 0. The minimum absolute atomic E-state index is 0.101. The first-order chi connectivity index (χ1) is 11.1. The van der Waals surface area contributed by atoms with Crippen molar-refractivity contribution in [2.75, 3.05) is 7.11 Å². The molecule has 3 atom stereocenters. The molecule has 5 N–H and O–H groups in total. The van der Waals surface area contributed by atoms with Crippen molar-refractivity contribution in [3.05, 3.63) is 34.1 Å². The second kappa shape index (κ2) is 5.04. The maximum atomic E-state index is 12.4. The van der Waals surface area contributed by atoms with Crippen molar-refractivity contribution in [2.45, 2.75) is 31.2 Å². The highest BCUT2D eigenvalue weighted by atomic mass is 16.5. The lowest BCUT2D eigenvalue weighted by molar-refractivity contribution is -0.144. The van der Waals surface area contributed by atoms with Crippen LogP contribution in [0.5, 0.6) is 11.5 Å². The quantitative estimate of drug-likeness (QED) is 0.440. The fraction of sp³-hybridized carbons (Fsp3) is 0.375. The van der Waals surface area contributed by atoms with E-state index in [0.717, 1.165) is 13.0 Å². The van der Waals surface area contributed by atoms with Crippen LogP contribution in [-0.4, -0.2) is 55.9 Å². The molecule has 24 heavy (non-hydrogen) atoms. The van der Waals surface area contributed by atoms with Gasteiger partial charge in [0.2, 0.25) is 5.78 Å². The standard InChI is InChI=1S/C16H16O8/c1-16(23)8(18)3-5-9(15(16)22)14(21)10-6(17)4-7(24-2)13(20)11(10)12(5)19/h4,8,15,18-19,21-23H,3H2,1-2H3. The van der Waals surface area contributed by atoms with Gasteiger partial charge in [-0.1, -0.05) is 0 Å². The zero-order valence-electron chi connectivity index (χ0n) is 12.9. The van der Waals surface area contributed by atoms with Crippen LogP contribution >= 0.6 is 0 Å². The maximum absolute atomic E-state index is 12.4. The third-order valence-electron chi connectivity index (χ3n) is 4.67. The van der Waals surface area contributed by atoms with Crippen LogP contribution in [0.1, 0.15) is 44.9 Å². The predicted octanol–water partition coefficient (Wildman–Crippen LogP) is -0.291. The molecule has 0 radical (unpaired) electrons. The molecule has 0 heterocycles. The van der Waals surface area contributed by atoms with E-state index in [-0.39, 0.29) is 23.3 Å². The Balaban J connectivity index is 2.36. The minimum atomic E-state index is -2.00. The minimum Gasteiger partial charge on any atom is -0.507 e. The van der Waals surface area contributed by atoms with Crippen LogP contribution in [-0.2, 0) is 11.2 Å². The van der Waals surface area contributed by atoms with Crippen molar-refractivity contribution in [3.8, 4) is 11.5 Å². The molecule has 8 heteroatoms. The Kier molecular flexibility index (Phi) is 3.45. The number of phenols is 2. The third kappa shape index (κ3) is 1.90. The van der Waals surface area contributed by atoms with Crippen molar-refractivity contribution >= 4 is 11.6 Å². The van der Waals surface area contributed by atoms with E-state index < -0.39 is 52.0 Å². The summed E-state index contributed by atoms with van der Waals surface area (Å²) in [6.07, 6.45) is -2.66. The van der Waals surface area contributed by atoms with Gasteiger partial charge in [0.1, 0.15) is 23.2 Å². The Morgan fingerprint density at radius 3 is 2.38 bits per heavy atom. The van der Waals surface area contributed by atoms with Gasteiger partial charge in [0, 0.05) is 23.6 Å². The van der Waals surface area contributed by atoms with Crippen LogP contribution in [0.2, 0.25) is 0 Å². The number of carbonyl (C=O) groups excluding carboxylic acids is 2. The average Bonchev–Trinajstić information content (AvgIpc) is 2.52. The predicted molar refractivity (Wildman–Crippen MR) is 78.8 cm³/mol. The number of hydrogen-bond acceptors (Lipinski definition) is 8. The molecule has 3 unspecified atom stereocenters. The molecule has 0 bridgehead atoms. The number of aromatic hydroxyl groups is 2. The number of Topliss-reactive ketones (excluding diaryl/α,β-unsaturated/α-hetero) is 1. The van der Waals surface area contributed by atoms with Crippen molar-refractivity contribution in [1.82, 2.24) is 0 Å². The van der Waals surface area contributed by atoms with E-state index in [2.05, 4.69) is 0 Å². The highest BCUT2D eigenvalue weighted by Crippen LogP contribution is 2.49. The Hall–Kier alpha value is -2.42. The summed E-state index contributed by atoms with van der Waals surface area (Å²) in [6, 6.07) is 0. The molecule has 0 spiro atoms. The lowest BCUT2D eigenvalue weighted by atomic mass is 9.73. The van der Waals surface area contributed by atoms with Crippen molar-refractivity contribution < 1.29 is 39.9 Å². The first kappa shape index (κ1) is 16.4. The van der Waals surface area contributed by atoms with Crippen LogP contribution in [0.15, 0.2) is 11.8 Å². The SMILES string of the molecule is COC1=CC(=O)c2c(O)c3c(c(O)c2C1=O)CC(O)C(C)(O)C3O. The Morgan fingerprint density at radius 2 is 1.79 bits per heavy atom. The van der Waals surface area contributed by atoms with Gasteiger partial charge in [0.15, 0.2) is 11.5 Å². The molecule has 2 aliphatic carbocycles. The van der Waals surface area contributed by atoms with Gasteiger partial charge in [-0.05, 0) is 6.92 Å². The molecule has 0 aliphatic heterocycles. The number of methoxy groups -OCH3 is 1. The monoisotopic (exact) mass is 336 g/mol. The number of aliphatic hydroxyl groups excluding tert-OH is 2. The van der Waals surface area contributed by atoms with E-state index in [1.165, 1.54) is 7.11 Å². The number of allylic oxidation sites excluding steroid dienone is 2. The summed E-state index contributed by atoms with van der Waals surface area (Å²) in [4.78, 5) is 24.6. The molecule has 128 valence electrons. The van der Waals surface area contributed by atoms with Gasteiger partial charge in [0.05, 0.1) is 24.3 Å². The normalized spacial score (nSPS) is 29.0. The summed E-state index contributed by atoms with van der Waals surface area (Å²) in [5, 5.41) is 51.4. The van der Waals surface area contributed by atoms with Gasteiger partial charge in [-0.3, -0.25) is 9.59 Å². The van der Waals surface area contributed by atoms with Crippen molar-refractivity contribution in [1.29, 1.82) is 0 Å². The molecule has 0 amide bonds. The largest absolute Gasteiger partial charge is 0.507 e. The average molecular weight is 336 g/mol. The van der Waals surface area contributed by atoms with Crippen molar-refractivity contribution in [3.63, 3.8) is 0 Å². The van der Waals surface area contributed by atoms with E-state index in [4.69, 9.17) is 4.74 Å². The number of benzene rings is 1. The smallest absolute Gasteiger partial charge is 0.232 e. The number of carbonyl (C=O) groups is 2. The first-order valence-corrected chi connectivity index (χ1v) is 7.16. The summed E-state index contributed by atoms with van der Waals surface area (Å²) in [5.41, 5.74) is -3.30. The number of phenolic OH excluding ortho intramolecular Hbond substituents is 2. The second-order valence-electron chi connectivity index (χ2n) is 6.09. The molecular weight excluding hydrogens is 320 g/mol. The second-order valence-corrected chi connectivity index (χ2v) is 6.09. The lowest BCUT2D eigenvalue weighted by Crippen LogP contribution is -2.49. The fourth-order valence-electron chi connectivity index (χ4n) is 3.16. The topological polar surface area (TPSA) is 145 Å². The van der Waals surface area contributed by atoms with E-state index >= 15 is 0 Å². The molecule has 2 aliphatic rings. The number of ether oxygens (including phenoxy) is 1. The number of fused-ring (bicyclic) bond motifs is 2. The maximum Gasteiger partial charge on any atom is 0.232 e. The van der Waals surface area contributed by atoms with E-state index in [1.807, 2.05) is 0 Å². The van der Waals surface area contributed by atoms with E-state index in [1.54, 1.807) is 0 Å². The highest BCUT2D eigenvalue weighted by Gasteiger charge is 2.48. The first-order valence-electron chi connectivity index (χ1n) is 7.16. The Bertz CT molecular complexity index is 805. The highest BCUT2D eigenvalue weighted by molar-refractivity contribution is 6.26.